The molecule has 0 aromatic carbocycles. The lowest BCUT2D eigenvalue weighted by Crippen LogP contribution is -2.16. The summed E-state index contributed by atoms with van der Waals surface area (Å²) in [5.74, 6) is 0. The van der Waals surface area contributed by atoms with Crippen molar-refractivity contribution in [3.8, 4) is 0 Å². The zero-order valence-electron chi connectivity index (χ0n) is 11.1. The summed E-state index contributed by atoms with van der Waals surface area (Å²) in [6.45, 7) is 4.38. The summed E-state index contributed by atoms with van der Waals surface area (Å²) in [4.78, 5) is 0. The Bertz CT molecular complexity index is 310. The predicted octanol–water partition coefficient (Wildman–Crippen LogP) is 1.62. The molecule has 0 radical (unpaired) electrons. The van der Waals surface area contributed by atoms with Crippen LogP contribution in [0.2, 0.25) is 0 Å². The van der Waals surface area contributed by atoms with Crippen LogP contribution < -0.4 is 5.32 Å². The van der Waals surface area contributed by atoms with E-state index in [2.05, 4.69) is 23.4 Å². The smallest absolute Gasteiger partial charge is 0.0625 e. The van der Waals surface area contributed by atoms with Gasteiger partial charge in [-0.2, -0.15) is 5.10 Å². The fraction of sp³-hybridized carbons (Fsp3) is 0.769. The molecular formula is C13H25N3O. The van der Waals surface area contributed by atoms with Gasteiger partial charge in [0.2, 0.25) is 0 Å². The number of nitrogens with zero attached hydrogens (tertiary/aromatic N) is 2. The summed E-state index contributed by atoms with van der Waals surface area (Å²) in [6.07, 6.45) is 5.43. The third-order valence-corrected chi connectivity index (χ3v) is 2.96. The molecule has 0 unspecified atom stereocenters. The molecule has 0 atom stereocenters. The van der Waals surface area contributed by atoms with Gasteiger partial charge in [0, 0.05) is 20.2 Å². The molecule has 0 spiro atoms. The second-order valence-electron chi connectivity index (χ2n) is 4.42. The fourth-order valence-electron chi connectivity index (χ4n) is 1.84. The summed E-state index contributed by atoms with van der Waals surface area (Å²) in [6, 6.07) is 2.17. The first-order chi connectivity index (χ1) is 8.27. The molecule has 1 heterocycles. The van der Waals surface area contributed by atoms with Gasteiger partial charge in [-0.3, -0.25) is 4.68 Å². The van der Waals surface area contributed by atoms with Crippen LogP contribution in [0.15, 0.2) is 6.07 Å². The van der Waals surface area contributed by atoms with E-state index in [-0.39, 0.29) is 0 Å². The summed E-state index contributed by atoms with van der Waals surface area (Å²) in [7, 11) is 2.00. The number of aryl methyl sites for hydroxylation is 2. The van der Waals surface area contributed by atoms with E-state index in [0.717, 1.165) is 38.0 Å². The van der Waals surface area contributed by atoms with Gasteiger partial charge in [-0.05, 0) is 31.9 Å². The highest BCUT2D eigenvalue weighted by Gasteiger charge is 2.02. The summed E-state index contributed by atoms with van der Waals surface area (Å²) >= 11 is 0. The van der Waals surface area contributed by atoms with E-state index < -0.39 is 0 Å². The number of nitrogens with one attached hydrogen (secondary N) is 1. The Kier molecular flexibility index (Phi) is 6.89. The molecule has 1 rings (SSSR count). The lowest BCUT2D eigenvalue weighted by atomic mass is 10.2. The average molecular weight is 239 g/mol. The maximum absolute atomic E-state index is 8.65. The van der Waals surface area contributed by atoms with E-state index in [9.17, 15) is 0 Å². The van der Waals surface area contributed by atoms with E-state index in [1.165, 1.54) is 18.5 Å². The maximum Gasteiger partial charge on any atom is 0.0625 e. The number of unbranched alkanes of at least 4 members (excludes halogenated alkanes) is 3. The molecule has 0 fully saturated rings. The van der Waals surface area contributed by atoms with E-state index in [0.29, 0.717) is 6.61 Å². The van der Waals surface area contributed by atoms with Gasteiger partial charge in [0.15, 0.2) is 0 Å². The summed E-state index contributed by atoms with van der Waals surface area (Å²) < 4.78 is 1.96. The second kappa shape index (κ2) is 8.25. The molecular weight excluding hydrogens is 214 g/mol. The van der Waals surface area contributed by atoms with E-state index >= 15 is 0 Å². The van der Waals surface area contributed by atoms with Crippen molar-refractivity contribution in [3.05, 3.63) is 17.5 Å². The van der Waals surface area contributed by atoms with Crippen molar-refractivity contribution >= 4 is 0 Å². The van der Waals surface area contributed by atoms with Gasteiger partial charge in [-0.25, -0.2) is 0 Å². The minimum Gasteiger partial charge on any atom is -0.396 e. The van der Waals surface area contributed by atoms with Gasteiger partial charge < -0.3 is 10.4 Å². The zero-order valence-corrected chi connectivity index (χ0v) is 11.1. The molecule has 2 N–H and O–H groups in total. The van der Waals surface area contributed by atoms with Crippen LogP contribution in [-0.2, 0) is 20.0 Å². The van der Waals surface area contributed by atoms with Gasteiger partial charge in [0.05, 0.1) is 11.4 Å². The van der Waals surface area contributed by atoms with Crippen LogP contribution in [0.25, 0.3) is 0 Å². The van der Waals surface area contributed by atoms with Crippen LogP contribution in [0, 0.1) is 0 Å². The Morgan fingerprint density at radius 3 is 2.71 bits per heavy atom. The number of aliphatic hydroxyl groups excluding tert-OH is 1. The standard InChI is InChI=1S/C13H25N3O/c1-3-12-10-13(16(2)15-12)11-14-8-6-4-5-7-9-17/h10,14,17H,3-9,11H2,1-2H3. The first kappa shape index (κ1) is 14.2. The molecule has 4 heteroatoms. The van der Waals surface area contributed by atoms with Gasteiger partial charge in [-0.15, -0.1) is 0 Å². The molecule has 17 heavy (non-hydrogen) atoms. The zero-order chi connectivity index (χ0) is 12.5. The van der Waals surface area contributed by atoms with E-state index in [1.807, 2.05) is 11.7 Å². The largest absolute Gasteiger partial charge is 0.396 e. The molecule has 0 saturated carbocycles. The lowest BCUT2D eigenvalue weighted by molar-refractivity contribution is 0.282. The number of aromatic nitrogens is 2. The van der Waals surface area contributed by atoms with Crippen molar-refractivity contribution < 1.29 is 5.11 Å². The van der Waals surface area contributed by atoms with Crippen LogP contribution >= 0.6 is 0 Å². The lowest BCUT2D eigenvalue weighted by Gasteiger charge is -2.04. The molecule has 0 amide bonds. The summed E-state index contributed by atoms with van der Waals surface area (Å²) in [5, 5.41) is 16.5. The van der Waals surface area contributed by atoms with Crippen LogP contribution in [-0.4, -0.2) is 28.0 Å². The Morgan fingerprint density at radius 1 is 1.29 bits per heavy atom. The van der Waals surface area contributed by atoms with Gasteiger partial charge in [0.25, 0.3) is 0 Å². The molecule has 98 valence electrons. The van der Waals surface area contributed by atoms with Gasteiger partial charge >= 0.3 is 0 Å². The van der Waals surface area contributed by atoms with Crippen molar-refractivity contribution in [2.45, 2.75) is 45.6 Å². The third kappa shape index (κ3) is 5.33. The summed E-state index contributed by atoms with van der Waals surface area (Å²) in [5.41, 5.74) is 2.41. The molecule has 0 aliphatic heterocycles. The highest BCUT2D eigenvalue weighted by atomic mass is 16.2. The molecule has 0 saturated heterocycles. The Morgan fingerprint density at radius 2 is 2.06 bits per heavy atom. The van der Waals surface area contributed by atoms with Crippen molar-refractivity contribution in [2.75, 3.05) is 13.2 Å². The Balaban J connectivity index is 2.11. The first-order valence-corrected chi connectivity index (χ1v) is 6.61. The van der Waals surface area contributed by atoms with Gasteiger partial charge in [-0.1, -0.05) is 19.8 Å². The quantitative estimate of drug-likeness (QED) is 0.644. The Labute approximate surface area is 104 Å². The molecule has 0 aliphatic carbocycles. The fourth-order valence-corrected chi connectivity index (χ4v) is 1.84. The van der Waals surface area contributed by atoms with E-state index in [4.69, 9.17) is 5.11 Å². The maximum atomic E-state index is 8.65. The first-order valence-electron chi connectivity index (χ1n) is 6.61. The second-order valence-corrected chi connectivity index (χ2v) is 4.42. The highest BCUT2D eigenvalue weighted by Crippen LogP contribution is 2.03. The predicted molar refractivity (Wildman–Crippen MR) is 69.8 cm³/mol. The molecule has 4 nitrogen and oxygen atoms in total. The SMILES string of the molecule is CCc1cc(CNCCCCCCO)n(C)n1. The van der Waals surface area contributed by atoms with Crippen LogP contribution in [0.1, 0.15) is 44.0 Å². The van der Waals surface area contributed by atoms with Crippen molar-refractivity contribution in [1.82, 2.24) is 15.1 Å². The highest BCUT2D eigenvalue weighted by molar-refractivity contribution is 5.09. The van der Waals surface area contributed by atoms with E-state index in [1.54, 1.807) is 0 Å². The van der Waals surface area contributed by atoms with Crippen LogP contribution in [0.5, 0.6) is 0 Å². The molecule has 0 bridgehead atoms. The van der Waals surface area contributed by atoms with Crippen molar-refractivity contribution in [1.29, 1.82) is 0 Å². The number of hydrogen-bond donors (Lipinski definition) is 2. The minimum atomic E-state index is 0.322. The van der Waals surface area contributed by atoms with Crippen molar-refractivity contribution in [2.24, 2.45) is 7.05 Å². The van der Waals surface area contributed by atoms with Crippen LogP contribution in [0.3, 0.4) is 0 Å². The normalized spacial score (nSPS) is 11.0. The molecule has 1 aromatic heterocycles. The van der Waals surface area contributed by atoms with Crippen molar-refractivity contribution in [3.63, 3.8) is 0 Å². The van der Waals surface area contributed by atoms with Gasteiger partial charge in [0.1, 0.15) is 0 Å². The number of rotatable bonds is 9. The third-order valence-electron chi connectivity index (χ3n) is 2.96. The number of aliphatic hydroxyl groups is 1. The topological polar surface area (TPSA) is 50.1 Å². The minimum absolute atomic E-state index is 0.322. The monoisotopic (exact) mass is 239 g/mol. The molecule has 0 aliphatic rings. The average Bonchev–Trinajstić information content (AvgIpc) is 2.69. The number of hydrogen-bond acceptors (Lipinski definition) is 3. The Hall–Kier alpha value is -0.870. The van der Waals surface area contributed by atoms with Crippen LogP contribution in [0.4, 0.5) is 0 Å². The molecule has 1 aromatic rings.